The van der Waals surface area contributed by atoms with E-state index in [-0.39, 0.29) is 17.7 Å². The second kappa shape index (κ2) is 6.81. The van der Waals surface area contributed by atoms with Gasteiger partial charge in [-0.25, -0.2) is 8.78 Å². The SMILES string of the molecule is CCNC(Cc1ccc(F)cc1C)c1ccc(F)c(C)c1. The van der Waals surface area contributed by atoms with Gasteiger partial charge in [-0.2, -0.15) is 0 Å². The number of benzene rings is 2. The van der Waals surface area contributed by atoms with Crippen LogP contribution in [-0.2, 0) is 6.42 Å². The van der Waals surface area contributed by atoms with Crippen molar-refractivity contribution in [2.24, 2.45) is 0 Å². The molecule has 112 valence electrons. The standard InChI is InChI=1S/C18H21F2N/c1-4-21-18(15-6-8-17(20)13(3)9-15)11-14-5-7-16(19)10-12(14)2/h5-10,18,21H,4,11H2,1-3H3. The molecule has 0 aliphatic heterocycles. The van der Waals surface area contributed by atoms with Gasteiger partial charge in [0.2, 0.25) is 0 Å². The lowest BCUT2D eigenvalue weighted by atomic mass is 9.95. The van der Waals surface area contributed by atoms with Crippen LogP contribution in [-0.4, -0.2) is 6.54 Å². The summed E-state index contributed by atoms with van der Waals surface area (Å²) in [6.07, 6.45) is 0.755. The fraction of sp³-hybridized carbons (Fsp3) is 0.333. The van der Waals surface area contributed by atoms with E-state index in [1.807, 2.05) is 32.0 Å². The lowest BCUT2D eigenvalue weighted by molar-refractivity contribution is 0.544. The van der Waals surface area contributed by atoms with Crippen LogP contribution in [0, 0.1) is 25.5 Å². The summed E-state index contributed by atoms with van der Waals surface area (Å²) in [5, 5.41) is 3.42. The smallest absolute Gasteiger partial charge is 0.126 e. The first-order chi connectivity index (χ1) is 10.0. The Kier molecular flexibility index (Phi) is 5.07. The number of likely N-dealkylation sites (N-methyl/N-ethyl adjacent to an activating group) is 1. The van der Waals surface area contributed by atoms with Crippen molar-refractivity contribution in [2.75, 3.05) is 6.54 Å². The van der Waals surface area contributed by atoms with Crippen molar-refractivity contribution in [3.05, 3.63) is 70.3 Å². The molecule has 0 saturated heterocycles. The number of nitrogens with one attached hydrogen (secondary N) is 1. The lowest BCUT2D eigenvalue weighted by Gasteiger charge is -2.20. The number of hydrogen-bond donors (Lipinski definition) is 1. The largest absolute Gasteiger partial charge is 0.310 e. The van der Waals surface area contributed by atoms with E-state index in [1.54, 1.807) is 13.0 Å². The summed E-state index contributed by atoms with van der Waals surface area (Å²) in [4.78, 5) is 0. The van der Waals surface area contributed by atoms with E-state index < -0.39 is 0 Å². The molecule has 2 aromatic carbocycles. The molecule has 2 rings (SSSR count). The quantitative estimate of drug-likeness (QED) is 0.856. The topological polar surface area (TPSA) is 12.0 Å². The zero-order chi connectivity index (χ0) is 15.4. The second-order valence-electron chi connectivity index (χ2n) is 5.39. The Morgan fingerprint density at radius 3 is 2.38 bits per heavy atom. The molecule has 0 saturated carbocycles. The van der Waals surface area contributed by atoms with Crippen LogP contribution >= 0.6 is 0 Å². The minimum Gasteiger partial charge on any atom is -0.310 e. The van der Waals surface area contributed by atoms with Crippen molar-refractivity contribution in [1.29, 1.82) is 0 Å². The Morgan fingerprint density at radius 1 is 1.00 bits per heavy atom. The fourth-order valence-corrected chi connectivity index (χ4v) is 2.55. The molecule has 1 unspecified atom stereocenters. The summed E-state index contributed by atoms with van der Waals surface area (Å²) in [6, 6.07) is 10.2. The molecular weight excluding hydrogens is 268 g/mol. The maximum absolute atomic E-state index is 13.4. The van der Waals surface area contributed by atoms with Crippen molar-refractivity contribution in [2.45, 2.75) is 33.2 Å². The van der Waals surface area contributed by atoms with Gasteiger partial charge in [0, 0.05) is 6.04 Å². The monoisotopic (exact) mass is 289 g/mol. The average Bonchev–Trinajstić information content (AvgIpc) is 2.44. The Bertz CT molecular complexity index is 623. The normalized spacial score (nSPS) is 12.4. The van der Waals surface area contributed by atoms with Crippen molar-refractivity contribution >= 4 is 0 Å². The first-order valence-electron chi connectivity index (χ1n) is 7.25. The molecule has 0 aliphatic carbocycles. The summed E-state index contributed by atoms with van der Waals surface area (Å²) in [5.41, 5.74) is 3.74. The van der Waals surface area contributed by atoms with Gasteiger partial charge in [0.25, 0.3) is 0 Å². The van der Waals surface area contributed by atoms with Crippen molar-refractivity contribution in [1.82, 2.24) is 5.32 Å². The molecule has 0 aliphatic rings. The molecule has 1 N–H and O–H groups in total. The molecule has 1 nitrogen and oxygen atoms in total. The molecule has 0 bridgehead atoms. The summed E-state index contributed by atoms with van der Waals surface area (Å²) in [6.45, 7) is 6.55. The van der Waals surface area contributed by atoms with Gasteiger partial charge in [-0.15, -0.1) is 0 Å². The van der Waals surface area contributed by atoms with Crippen LogP contribution in [0.5, 0.6) is 0 Å². The zero-order valence-corrected chi connectivity index (χ0v) is 12.7. The molecule has 0 amide bonds. The molecule has 0 fully saturated rings. The third-order valence-electron chi connectivity index (χ3n) is 3.76. The number of rotatable bonds is 5. The Balaban J connectivity index is 2.28. The van der Waals surface area contributed by atoms with Gasteiger partial charge >= 0.3 is 0 Å². The first kappa shape index (κ1) is 15.6. The summed E-state index contributed by atoms with van der Waals surface area (Å²) >= 11 is 0. The van der Waals surface area contributed by atoms with E-state index in [4.69, 9.17) is 0 Å². The molecular formula is C18H21F2N. The Labute approximate surface area is 125 Å². The van der Waals surface area contributed by atoms with Gasteiger partial charge < -0.3 is 5.32 Å². The van der Waals surface area contributed by atoms with Crippen LogP contribution in [0.1, 0.15) is 35.2 Å². The number of halogens is 2. The van der Waals surface area contributed by atoms with Crippen LogP contribution in [0.15, 0.2) is 36.4 Å². The predicted octanol–water partition coefficient (Wildman–Crippen LogP) is 4.47. The minimum atomic E-state index is -0.214. The third kappa shape index (κ3) is 3.88. The molecule has 0 radical (unpaired) electrons. The maximum atomic E-state index is 13.4. The van der Waals surface area contributed by atoms with Crippen molar-refractivity contribution in [3.63, 3.8) is 0 Å². The zero-order valence-electron chi connectivity index (χ0n) is 12.7. The van der Waals surface area contributed by atoms with Gasteiger partial charge in [0.15, 0.2) is 0 Å². The van der Waals surface area contributed by atoms with Crippen LogP contribution < -0.4 is 5.32 Å². The van der Waals surface area contributed by atoms with Crippen LogP contribution in [0.25, 0.3) is 0 Å². The van der Waals surface area contributed by atoms with Crippen molar-refractivity contribution < 1.29 is 8.78 Å². The lowest BCUT2D eigenvalue weighted by Crippen LogP contribution is -2.23. The Hall–Kier alpha value is -1.74. The van der Waals surface area contributed by atoms with Crippen LogP contribution in [0.4, 0.5) is 8.78 Å². The maximum Gasteiger partial charge on any atom is 0.126 e. The molecule has 0 aromatic heterocycles. The molecule has 2 aromatic rings. The molecule has 0 heterocycles. The van der Waals surface area contributed by atoms with Gasteiger partial charge in [-0.05, 0) is 67.3 Å². The van der Waals surface area contributed by atoms with Crippen LogP contribution in [0.2, 0.25) is 0 Å². The highest BCUT2D eigenvalue weighted by Crippen LogP contribution is 2.23. The van der Waals surface area contributed by atoms with Crippen molar-refractivity contribution in [3.8, 4) is 0 Å². The summed E-state index contributed by atoms with van der Waals surface area (Å²) in [7, 11) is 0. The van der Waals surface area contributed by atoms with Gasteiger partial charge in [0.05, 0.1) is 0 Å². The van der Waals surface area contributed by atoms with E-state index in [2.05, 4.69) is 5.32 Å². The molecule has 0 spiro atoms. The van der Waals surface area contributed by atoms with E-state index in [9.17, 15) is 8.78 Å². The average molecular weight is 289 g/mol. The highest BCUT2D eigenvalue weighted by Gasteiger charge is 2.14. The second-order valence-corrected chi connectivity index (χ2v) is 5.39. The highest BCUT2D eigenvalue weighted by atomic mass is 19.1. The van der Waals surface area contributed by atoms with E-state index in [0.717, 1.165) is 29.7 Å². The Morgan fingerprint density at radius 2 is 1.76 bits per heavy atom. The summed E-state index contributed by atoms with van der Waals surface area (Å²) < 4.78 is 26.6. The van der Waals surface area contributed by atoms with Gasteiger partial charge in [-0.3, -0.25) is 0 Å². The van der Waals surface area contributed by atoms with Gasteiger partial charge in [0.1, 0.15) is 11.6 Å². The molecule has 1 atom stereocenters. The highest BCUT2D eigenvalue weighted by molar-refractivity contribution is 5.31. The minimum absolute atomic E-state index is 0.0958. The van der Waals surface area contributed by atoms with E-state index in [1.165, 1.54) is 12.1 Å². The number of aryl methyl sites for hydroxylation is 2. The fourth-order valence-electron chi connectivity index (χ4n) is 2.55. The summed E-state index contributed by atoms with van der Waals surface area (Å²) in [5.74, 6) is -0.402. The number of hydrogen-bond acceptors (Lipinski definition) is 1. The first-order valence-corrected chi connectivity index (χ1v) is 7.25. The van der Waals surface area contributed by atoms with E-state index >= 15 is 0 Å². The molecule has 3 heteroatoms. The predicted molar refractivity (Wildman–Crippen MR) is 82.4 cm³/mol. The third-order valence-corrected chi connectivity index (χ3v) is 3.76. The van der Waals surface area contributed by atoms with E-state index in [0.29, 0.717) is 5.56 Å². The van der Waals surface area contributed by atoms with Gasteiger partial charge in [-0.1, -0.05) is 25.1 Å². The molecule has 21 heavy (non-hydrogen) atoms. The van der Waals surface area contributed by atoms with Crippen LogP contribution in [0.3, 0.4) is 0 Å².